The lowest BCUT2D eigenvalue weighted by Gasteiger charge is -2.34. The molecule has 0 spiro atoms. The van der Waals surface area contributed by atoms with Crippen molar-refractivity contribution in [1.82, 2.24) is 0 Å². The van der Waals surface area contributed by atoms with Gasteiger partial charge in [-0.25, -0.2) is 0 Å². The van der Waals surface area contributed by atoms with Gasteiger partial charge in [0.05, 0.1) is 0 Å². The van der Waals surface area contributed by atoms with Gasteiger partial charge in [-0.15, -0.1) is 45.5 Å². The Kier molecular flexibility index (Phi) is 8.39. The van der Waals surface area contributed by atoms with Crippen molar-refractivity contribution in [3.8, 4) is 0 Å². The van der Waals surface area contributed by atoms with Crippen LogP contribution in [0.4, 0.5) is 0 Å². The van der Waals surface area contributed by atoms with Crippen molar-refractivity contribution in [2.45, 2.75) is 78.0 Å². The minimum absolute atomic E-state index is 0.167. The van der Waals surface area contributed by atoms with Crippen LogP contribution in [0.3, 0.4) is 0 Å². The second-order valence-corrected chi connectivity index (χ2v) is 15.2. The normalized spacial score (nSPS) is 12.2. The molecule has 2 rings (SSSR count). The third-order valence-electron chi connectivity index (χ3n) is 4.97. The topological polar surface area (TPSA) is 0 Å². The summed E-state index contributed by atoms with van der Waals surface area (Å²) in [6.07, 6.45) is 2.46. The molecule has 0 amide bonds. The fourth-order valence-electron chi connectivity index (χ4n) is 4.16. The van der Waals surface area contributed by atoms with Gasteiger partial charge in [0.25, 0.3) is 0 Å². The highest BCUT2D eigenvalue weighted by Gasteiger charge is 2.20. The summed E-state index contributed by atoms with van der Waals surface area (Å²) in [6.45, 7) is 19.1. The molecule has 0 nitrogen and oxygen atoms in total. The van der Waals surface area contributed by atoms with Crippen LogP contribution in [0.1, 0.15) is 66.5 Å². The van der Waals surface area contributed by atoms with Gasteiger partial charge in [0, 0.05) is 0 Å². The zero-order valence-corrected chi connectivity index (χ0v) is 20.2. The maximum absolute atomic E-state index is 2.46. The monoisotopic (exact) mass is 399 g/mol. The highest BCUT2D eigenvalue weighted by atomic mass is 31.1. The average Bonchev–Trinajstić information content (AvgIpc) is 2.57. The van der Waals surface area contributed by atoms with Crippen molar-refractivity contribution < 1.29 is 0 Å². The minimum atomic E-state index is -0.167. The summed E-state index contributed by atoms with van der Waals surface area (Å²) in [4.78, 5) is 0. The molecule has 0 unspecified atom stereocenters. The Morgan fingerprint density at radius 1 is 0.519 bits per heavy atom. The van der Waals surface area contributed by atoms with E-state index in [1.807, 2.05) is 0 Å². The van der Waals surface area contributed by atoms with Gasteiger partial charge in [0.1, 0.15) is 0 Å². The fraction of sp³-hybridized carbons (Fsp3) is 0.480. The molecule has 0 radical (unpaired) electrons. The van der Waals surface area contributed by atoms with Gasteiger partial charge in [0.15, 0.2) is 0 Å². The molecule has 0 saturated heterocycles. The molecule has 0 aliphatic rings. The van der Waals surface area contributed by atoms with Crippen LogP contribution < -0.4 is 10.6 Å². The number of hydrogen-bond donors (Lipinski definition) is 0. The van der Waals surface area contributed by atoms with Crippen molar-refractivity contribution in [1.29, 1.82) is 0 Å². The number of benzene rings is 2. The molecule has 0 heterocycles. The fourth-order valence-corrected chi connectivity index (χ4v) is 10.2. The summed E-state index contributed by atoms with van der Waals surface area (Å²) in [5.74, 6) is 0. The van der Waals surface area contributed by atoms with E-state index in [-0.39, 0.29) is 15.8 Å². The van der Waals surface area contributed by atoms with Crippen LogP contribution in [0, 0.1) is 6.42 Å². The molecule has 0 aliphatic carbocycles. The Morgan fingerprint density at radius 3 is 1.11 bits per heavy atom. The maximum atomic E-state index is 2.46. The van der Waals surface area contributed by atoms with Crippen LogP contribution in [0.15, 0.2) is 48.5 Å². The molecule has 0 aromatic heterocycles. The SMILES string of the molecule is CC(C)P(c1ccccc1[CH-]c1ccccc1P(C(C)C)C(C)C)C(C)C. The first-order valence-electron chi connectivity index (χ1n) is 10.3. The summed E-state index contributed by atoms with van der Waals surface area (Å²) in [7, 11) is -0.333. The summed E-state index contributed by atoms with van der Waals surface area (Å²) in [5.41, 5.74) is 5.64. The molecule has 0 atom stereocenters. The zero-order chi connectivity index (χ0) is 20.1. The molecule has 0 aliphatic heterocycles. The molecule has 2 heteroatoms. The second-order valence-electron chi connectivity index (χ2n) is 8.45. The van der Waals surface area contributed by atoms with Crippen molar-refractivity contribution in [2.75, 3.05) is 0 Å². The Hall–Kier alpha value is -0.830. The van der Waals surface area contributed by atoms with Gasteiger partial charge in [-0.1, -0.05) is 102 Å². The van der Waals surface area contributed by atoms with E-state index in [2.05, 4.69) is 110 Å². The van der Waals surface area contributed by atoms with Crippen molar-refractivity contribution in [2.24, 2.45) is 0 Å². The summed E-state index contributed by atoms with van der Waals surface area (Å²) < 4.78 is 0. The van der Waals surface area contributed by atoms with Crippen molar-refractivity contribution >= 4 is 26.5 Å². The van der Waals surface area contributed by atoms with Gasteiger partial charge in [-0.2, -0.15) is 0 Å². The zero-order valence-electron chi connectivity index (χ0n) is 18.4. The van der Waals surface area contributed by atoms with Crippen molar-refractivity contribution in [3.05, 3.63) is 66.1 Å². The first-order valence-corrected chi connectivity index (χ1v) is 13.3. The number of hydrogen-bond acceptors (Lipinski definition) is 0. The van der Waals surface area contributed by atoms with Crippen LogP contribution in [-0.2, 0) is 0 Å². The third-order valence-corrected chi connectivity index (χ3v) is 11.3. The van der Waals surface area contributed by atoms with E-state index in [4.69, 9.17) is 0 Å². The first kappa shape index (κ1) is 22.5. The average molecular weight is 400 g/mol. The summed E-state index contributed by atoms with van der Waals surface area (Å²) in [6, 6.07) is 18.2. The molecular weight excluding hydrogens is 362 g/mol. The van der Waals surface area contributed by atoms with Crippen LogP contribution in [0.5, 0.6) is 0 Å². The molecule has 0 fully saturated rings. The van der Waals surface area contributed by atoms with E-state index in [9.17, 15) is 0 Å². The highest BCUT2D eigenvalue weighted by molar-refractivity contribution is 7.67. The van der Waals surface area contributed by atoms with Crippen LogP contribution in [0.2, 0.25) is 0 Å². The Morgan fingerprint density at radius 2 is 0.815 bits per heavy atom. The predicted octanol–water partition coefficient (Wildman–Crippen LogP) is 7.14. The van der Waals surface area contributed by atoms with E-state index < -0.39 is 0 Å². The lowest BCUT2D eigenvalue weighted by Crippen LogP contribution is -2.21. The molecule has 27 heavy (non-hydrogen) atoms. The van der Waals surface area contributed by atoms with Gasteiger partial charge >= 0.3 is 0 Å². The molecular formula is C25H37P2-. The van der Waals surface area contributed by atoms with E-state index in [1.54, 1.807) is 10.6 Å². The summed E-state index contributed by atoms with van der Waals surface area (Å²) in [5, 5.41) is 3.12. The largest absolute Gasteiger partial charge is 0.125 e. The number of rotatable bonds is 8. The Labute approximate surface area is 170 Å². The van der Waals surface area contributed by atoms with Crippen LogP contribution in [-0.4, -0.2) is 22.6 Å². The summed E-state index contributed by atoms with van der Waals surface area (Å²) >= 11 is 0. The molecule has 2 aromatic rings. The van der Waals surface area contributed by atoms with Gasteiger partial charge in [0.2, 0.25) is 0 Å². The quantitative estimate of drug-likeness (QED) is 0.327. The third kappa shape index (κ3) is 5.59. The van der Waals surface area contributed by atoms with Crippen molar-refractivity contribution in [3.63, 3.8) is 0 Å². The smallest absolute Gasteiger partial charge is 0.0287 e. The molecule has 148 valence electrons. The van der Waals surface area contributed by atoms with Crippen LogP contribution >= 0.6 is 15.8 Å². The van der Waals surface area contributed by atoms with Gasteiger partial charge in [-0.3, -0.25) is 0 Å². The predicted molar refractivity (Wildman–Crippen MR) is 129 cm³/mol. The minimum Gasteiger partial charge on any atom is -0.125 e. The lowest BCUT2D eigenvalue weighted by molar-refractivity contribution is 1.02. The maximum Gasteiger partial charge on any atom is -0.0287 e. The standard InChI is InChI=1S/C25H37P2/c1-18(2)26(19(3)4)24-15-11-9-13-22(24)17-23-14-10-12-16-25(23)27(20(5)6)21(7)8/h9-21H,1-8H3/q-1. The Balaban J connectivity index is 2.48. The molecule has 0 saturated carbocycles. The molecule has 0 N–H and O–H groups in total. The lowest BCUT2D eigenvalue weighted by atomic mass is 10.1. The Bertz CT molecular complexity index is 638. The first-order chi connectivity index (χ1) is 12.7. The van der Waals surface area contributed by atoms with Gasteiger partial charge in [-0.05, 0) is 22.6 Å². The molecule has 2 aromatic carbocycles. The second kappa shape index (κ2) is 10.1. The van der Waals surface area contributed by atoms with Gasteiger partial charge < -0.3 is 0 Å². The van der Waals surface area contributed by atoms with E-state index in [0.717, 1.165) is 0 Å². The molecule has 0 bridgehead atoms. The van der Waals surface area contributed by atoms with E-state index in [1.165, 1.54) is 11.1 Å². The van der Waals surface area contributed by atoms with E-state index >= 15 is 0 Å². The highest BCUT2D eigenvalue weighted by Crippen LogP contribution is 2.47. The van der Waals surface area contributed by atoms with E-state index in [0.29, 0.717) is 22.6 Å². The van der Waals surface area contributed by atoms with Crippen LogP contribution in [0.25, 0.3) is 0 Å².